The number of nitrogens with one attached hydrogen (secondary N) is 1. The van der Waals surface area contributed by atoms with Gasteiger partial charge in [-0.25, -0.2) is 4.79 Å². The molecule has 0 fully saturated rings. The number of hydrogen-bond donors (Lipinski definition) is 1. The highest BCUT2D eigenvalue weighted by Crippen LogP contribution is 2.38. The van der Waals surface area contributed by atoms with Crippen molar-refractivity contribution in [1.82, 2.24) is 0 Å². The summed E-state index contributed by atoms with van der Waals surface area (Å²) in [6, 6.07) is 10.6. The van der Waals surface area contributed by atoms with Crippen molar-refractivity contribution in [3.8, 4) is 11.1 Å². The van der Waals surface area contributed by atoms with Crippen LogP contribution in [0.2, 0.25) is 10.0 Å². The van der Waals surface area contributed by atoms with Gasteiger partial charge in [0.05, 0.1) is 16.7 Å². The number of rotatable bonds is 5. The summed E-state index contributed by atoms with van der Waals surface area (Å²) in [6.45, 7) is 5.98. The van der Waals surface area contributed by atoms with Crippen LogP contribution in [0.25, 0.3) is 11.1 Å². The minimum atomic E-state index is -0.479. The van der Waals surface area contributed by atoms with Crippen molar-refractivity contribution in [2.45, 2.75) is 20.8 Å². The van der Waals surface area contributed by atoms with Crippen LogP contribution in [-0.4, -0.2) is 18.5 Å². The van der Waals surface area contributed by atoms with Gasteiger partial charge in [-0.3, -0.25) is 4.79 Å². The van der Waals surface area contributed by atoms with Crippen molar-refractivity contribution in [2.75, 3.05) is 11.9 Å². The Morgan fingerprint density at radius 2 is 1.79 bits per heavy atom. The molecule has 1 aromatic heterocycles. The highest BCUT2D eigenvalue weighted by atomic mass is 35.5. The van der Waals surface area contributed by atoms with Crippen LogP contribution < -0.4 is 5.32 Å². The van der Waals surface area contributed by atoms with Gasteiger partial charge < -0.3 is 10.1 Å². The monoisotopic (exact) mass is 447 g/mol. The SMILES string of the molecule is CCOC(=O)c1c(-c2ccc(C)cc2C)csc1NC(=O)c1ccc(Cl)c(Cl)c1. The quantitative estimate of drug-likeness (QED) is 0.439. The fourth-order valence-corrected chi connectivity index (χ4v) is 4.22. The molecule has 150 valence electrons. The first-order valence-electron chi connectivity index (χ1n) is 8.94. The normalized spacial score (nSPS) is 10.7. The van der Waals surface area contributed by atoms with Crippen molar-refractivity contribution in [1.29, 1.82) is 0 Å². The van der Waals surface area contributed by atoms with Crippen LogP contribution in [0, 0.1) is 13.8 Å². The second-order valence-corrected chi connectivity index (χ2v) is 8.17. The highest BCUT2D eigenvalue weighted by molar-refractivity contribution is 7.15. The lowest BCUT2D eigenvalue weighted by Crippen LogP contribution is -2.15. The topological polar surface area (TPSA) is 55.4 Å². The first kappa shape index (κ1) is 21.4. The Morgan fingerprint density at radius 1 is 1.03 bits per heavy atom. The van der Waals surface area contributed by atoms with Gasteiger partial charge in [0.2, 0.25) is 0 Å². The Balaban J connectivity index is 2.02. The van der Waals surface area contributed by atoms with Crippen LogP contribution in [-0.2, 0) is 4.74 Å². The first-order chi connectivity index (χ1) is 13.8. The van der Waals surface area contributed by atoms with Gasteiger partial charge in [0.1, 0.15) is 10.6 Å². The third-order valence-corrected chi connectivity index (χ3v) is 5.99. The van der Waals surface area contributed by atoms with E-state index in [4.69, 9.17) is 27.9 Å². The molecule has 0 unspecified atom stereocenters. The number of esters is 1. The molecule has 0 aliphatic heterocycles. The highest BCUT2D eigenvalue weighted by Gasteiger charge is 2.24. The average molecular weight is 448 g/mol. The molecule has 3 aromatic rings. The number of thiophene rings is 1. The Bertz CT molecular complexity index is 1090. The maximum atomic E-state index is 12.7. The molecule has 4 nitrogen and oxygen atoms in total. The van der Waals surface area contributed by atoms with E-state index >= 15 is 0 Å². The summed E-state index contributed by atoms with van der Waals surface area (Å²) in [5.74, 6) is -0.865. The molecule has 0 atom stereocenters. The molecule has 29 heavy (non-hydrogen) atoms. The van der Waals surface area contributed by atoms with Crippen LogP contribution in [0.15, 0.2) is 41.8 Å². The fourth-order valence-electron chi connectivity index (χ4n) is 2.98. The van der Waals surface area contributed by atoms with Crippen molar-refractivity contribution in [3.05, 3.63) is 74.1 Å². The van der Waals surface area contributed by atoms with Crippen LogP contribution in [0.5, 0.6) is 0 Å². The van der Waals surface area contributed by atoms with E-state index < -0.39 is 5.97 Å². The number of anilines is 1. The molecule has 7 heteroatoms. The van der Waals surface area contributed by atoms with E-state index in [9.17, 15) is 9.59 Å². The van der Waals surface area contributed by atoms with Crippen LogP contribution in [0.4, 0.5) is 5.00 Å². The first-order valence-corrected chi connectivity index (χ1v) is 10.6. The van der Waals surface area contributed by atoms with Gasteiger partial charge in [0.15, 0.2) is 0 Å². The Kier molecular flexibility index (Phi) is 6.63. The van der Waals surface area contributed by atoms with E-state index in [1.54, 1.807) is 19.1 Å². The van der Waals surface area contributed by atoms with E-state index in [0.29, 0.717) is 21.2 Å². The van der Waals surface area contributed by atoms with Gasteiger partial charge in [-0.05, 0) is 50.1 Å². The van der Waals surface area contributed by atoms with Gasteiger partial charge in [0.25, 0.3) is 5.91 Å². The van der Waals surface area contributed by atoms with Crippen LogP contribution in [0.3, 0.4) is 0 Å². The van der Waals surface area contributed by atoms with Crippen LogP contribution in [0.1, 0.15) is 38.8 Å². The number of benzene rings is 2. The second kappa shape index (κ2) is 8.99. The number of aryl methyl sites for hydroxylation is 2. The van der Waals surface area contributed by atoms with Crippen molar-refractivity contribution in [3.63, 3.8) is 0 Å². The summed E-state index contributed by atoms with van der Waals surface area (Å²) in [6.07, 6.45) is 0. The van der Waals surface area contributed by atoms with Crippen molar-refractivity contribution in [2.24, 2.45) is 0 Å². The predicted octanol–water partition coefficient (Wildman–Crippen LogP) is 6.77. The lowest BCUT2D eigenvalue weighted by Gasteiger charge is -2.11. The molecule has 0 aliphatic rings. The van der Waals surface area contributed by atoms with Crippen molar-refractivity contribution < 1.29 is 14.3 Å². The summed E-state index contributed by atoms with van der Waals surface area (Å²) in [7, 11) is 0. The zero-order valence-corrected chi connectivity index (χ0v) is 18.5. The Morgan fingerprint density at radius 3 is 2.45 bits per heavy atom. The summed E-state index contributed by atoms with van der Waals surface area (Å²) < 4.78 is 5.25. The Labute approximate surface area is 183 Å². The molecule has 1 N–H and O–H groups in total. The summed E-state index contributed by atoms with van der Waals surface area (Å²) in [4.78, 5) is 25.4. The average Bonchev–Trinajstić information content (AvgIpc) is 3.07. The second-order valence-electron chi connectivity index (χ2n) is 6.48. The smallest absolute Gasteiger partial charge is 0.341 e. The molecule has 0 saturated heterocycles. The number of halogens is 2. The van der Waals surface area contributed by atoms with Gasteiger partial charge in [-0.15, -0.1) is 11.3 Å². The van der Waals surface area contributed by atoms with Crippen LogP contribution >= 0.6 is 34.5 Å². The maximum Gasteiger partial charge on any atom is 0.341 e. The van der Waals surface area contributed by atoms with E-state index in [-0.39, 0.29) is 17.5 Å². The fraction of sp³-hybridized carbons (Fsp3) is 0.182. The molecule has 2 aromatic carbocycles. The molecule has 3 rings (SSSR count). The third kappa shape index (κ3) is 4.64. The van der Waals surface area contributed by atoms with Gasteiger partial charge in [-0.1, -0.05) is 47.0 Å². The molecule has 0 radical (unpaired) electrons. The molecule has 0 saturated carbocycles. The molecule has 0 bridgehead atoms. The van der Waals surface area contributed by atoms with Gasteiger partial charge in [-0.2, -0.15) is 0 Å². The lowest BCUT2D eigenvalue weighted by molar-refractivity contribution is 0.0529. The molecule has 0 aliphatic carbocycles. The lowest BCUT2D eigenvalue weighted by atomic mass is 9.97. The molecule has 0 spiro atoms. The number of carbonyl (C=O) groups is 2. The number of amides is 1. The van der Waals surface area contributed by atoms with Gasteiger partial charge >= 0.3 is 5.97 Å². The minimum Gasteiger partial charge on any atom is -0.462 e. The molecule has 1 amide bonds. The summed E-state index contributed by atoms with van der Waals surface area (Å²) in [5, 5.41) is 5.74. The predicted molar refractivity (Wildman–Crippen MR) is 120 cm³/mol. The number of ether oxygens (including phenoxy) is 1. The van der Waals surface area contributed by atoms with Gasteiger partial charge in [0, 0.05) is 16.5 Å². The molecular formula is C22H19Cl2NO3S. The summed E-state index contributed by atoms with van der Waals surface area (Å²) >= 11 is 13.2. The largest absolute Gasteiger partial charge is 0.462 e. The summed E-state index contributed by atoms with van der Waals surface area (Å²) in [5.41, 5.74) is 4.51. The van der Waals surface area contributed by atoms with E-state index in [0.717, 1.165) is 22.3 Å². The Hall–Kier alpha value is -2.34. The van der Waals surface area contributed by atoms with Crippen molar-refractivity contribution >= 4 is 51.4 Å². The zero-order chi connectivity index (χ0) is 21.1. The molecular weight excluding hydrogens is 429 g/mol. The standard InChI is InChI=1S/C22H19Cl2NO3S/c1-4-28-22(27)19-16(15-7-5-12(2)9-13(15)3)11-29-21(19)25-20(26)14-6-8-17(23)18(24)10-14/h5-11H,4H2,1-3H3,(H,25,26). The van der Waals surface area contributed by atoms with E-state index in [1.807, 2.05) is 31.4 Å². The number of hydrogen-bond acceptors (Lipinski definition) is 4. The molecule has 1 heterocycles. The number of carbonyl (C=O) groups excluding carboxylic acids is 2. The van der Waals surface area contributed by atoms with E-state index in [2.05, 4.69) is 11.4 Å². The minimum absolute atomic E-state index is 0.237. The third-order valence-electron chi connectivity index (χ3n) is 4.35. The van der Waals surface area contributed by atoms with E-state index in [1.165, 1.54) is 17.4 Å². The zero-order valence-electron chi connectivity index (χ0n) is 16.1. The maximum absolute atomic E-state index is 12.7.